The van der Waals surface area contributed by atoms with E-state index < -0.39 is 6.10 Å². The van der Waals surface area contributed by atoms with Gasteiger partial charge in [-0.25, -0.2) is 0 Å². The maximum Gasteiger partial charge on any atom is 0.177 e. The first kappa shape index (κ1) is 13.2. The summed E-state index contributed by atoms with van der Waals surface area (Å²) in [5.41, 5.74) is 0.854. The van der Waals surface area contributed by atoms with Crippen LogP contribution in [0.2, 0.25) is 0 Å². The van der Waals surface area contributed by atoms with Crippen LogP contribution < -0.4 is 0 Å². The molecule has 20 heavy (non-hydrogen) atoms. The molecule has 1 aromatic heterocycles. The molecule has 6 heteroatoms. The first-order valence-electron chi connectivity index (χ1n) is 6.22. The second-order valence-electron chi connectivity index (χ2n) is 4.67. The van der Waals surface area contributed by atoms with E-state index in [9.17, 15) is 5.11 Å². The van der Waals surface area contributed by atoms with E-state index in [2.05, 4.69) is 37.4 Å². The Morgan fingerprint density at radius 3 is 2.70 bits per heavy atom. The van der Waals surface area contributed by atoms with E-state index in [0.717, 1.165) is 20.8 Å². The molecule has 2 aromatic carbocycles. The number of hydrogen-bond acceptors (Lipinski definition) is 4. The zero-order valence-corrected chi connectivity index (χ0v) is 12.4. The lowest BCUT2D eigenvalue weighted by Gasteiger charge is -2.10. The number of aliphatic hydroxyl groups excluding tert-OH is 1. The van der Waals surface area contributed by atoms with Gasteiger partial charge in [0, 0.05) is 10.9 Å². The number of halogens is 1. The van der Waals surface area contributed by atoms with E-state index >= 15 is 0 Å². The van der Waals surface area contributed by atoms with Crippen molar-refractivity contribution in [2.75, 3.05) is 0 Å². The number of aliphatic hydroxyl groups is 1. The Balaban J connectivity index is 1.87. The maximum atomic E-state index is 10.3. The van der Waals surface area contributed by atoms with Gasteiger partial charge in [0.25, 0.3) is 0 Å². The third-order valence-electron chi connectivity index (χ3n) is 3.14. The number of aromatic nitrogens is 4. The number of tetrazole rings is 1. The molecule has 0 aliphatic heterocycles. The standard InChI is InChI=1S/C14H13BrN4O/c1-19-17-14(16-18-19)8-13(20)11-3-2-10-7-12(15)5-4-9(10)6-11/h2-7,13,20H,8H2,1H3. The van der Waals surface area contributed by atoms with Crippen LogP contribution in [-0.2, 0) is 13.5 Å². The Morgan fingerprint density at radius 1 is 1.20 bits per heavy atom. The third-order valence-corrected chi connectivity index (χ3v) is 3.63. The molecule has 0 saturated carbocycles. The predicted molar refractivity (Wildman–Crippen MR) is 79.1 cm³/mol. The zero-order chi connectivity index (χ0) is 14.1. The van der Waals surface area contributed by atoms with Crippen molar-refractivity contribution >= 4 is 26.7 Å². The van der Waals surface area contributed by atoms with Crippen LogP contribution >= 0.6 is 15.9 Å². The zero-order valence-electron chi connectivity index (χ0n) is 10.9. The molecule has 0 bridgehead atoms. The summed E-state index contributed by atoms with van der Waals surface area (Å²) in [5, 5.41) is 24.2. The van der Waals surface area contributed by atoms with Crippen LogP contribution in [0.4, 0.5) is 0 Å². The Kier molecular flexibility index (Phi) is 3.50. The first-order chi connectivity index (χ1) is 9.61. The minimum atomic E-state index is -0.632. The van der Waals surface area contributed by atoms with E-state index in [1.54, 1.807) is 7.05 Å². The highest BCUT2D eigenvalue weighted by Gasteiger charge is 2.12. The maximum absolute atomic E-state index is 10.3. The number of benzene rings is 2. The van der Waals surface area contributed by atoms with Gasteiger partial charge in [-0.3, -0.25) is 0 Å². The molecule has 102 valence electrons. The second kappa shape index (κ2) is 5.30. The average molecular weight is 333 g/mol. The lowest BCUT2D eigenvalue weighted by Crippen LogP contribution is -2.04. The van der Waals surface area contributed by atoms with E-state index in [1.807, 2.05) is 30.3 Å². The van der Waals surface area contributed by atoms with Crippen molar-refractivity contribution in [3.8, 4) is 0 Å². The molecule has 0 fully saturated rings. The highest BCUT2D eigenvalue weighted by molar-refractivity contribution is 9.10. The van der Waals surface area contributed by atoms with Crippen LogP contribution in [0, 0.1) is 0 Å². The van der Waals surface area contributed by atoms with Crippen LogP contribution in [0.15, 0.2) is 40.9 Å². The lowest BCUT2D eigenvalue weighted by atomic mass is 10.0. The molecule has 0 spiro atoms. The quantitative estimate of drug-likeness (QED) is 0.799. The predicted octanol–water partition coefficient (Wildman–Crippen LogP) is 2.40. The molecule has 0 saturated heterocycles. The van der Waals surface area contributed by atoms with Gasteiger partial charge in [0.05, 0.1) is 13.2 Å². The number of fused-ring (bicyclic) bond motifs is 1. The minimum absolute atomic E-state index is 0.357. The normalized spacial score (nSPS) is 12.8. The number of hydrogen-bond donors (Lipinski definition) is 1. The first-order valence-corrected chi connectivity index (χ1v) is 7.01. The van der Waals surface area contributed by atoms with E-state index in [1.165, 1.54) is 4.80 Å². The fourth-order valence-corrected chi connectivity index (χ4v) is 2.52. The Morgan fingerprint density at radius 2 is 1.95 bits per heavy atom. The van der Waals surface area contributed by atoms with Gasteiger partial charge < -0.3 is 5.11 Å². The van der Waals surface area contributed by atoms with Crippen LogP contribution in [-0.4, -0.2) is 25.3 Å². The highest BCUT2D eigenvalue weighted by atomic mass is 79.9. The SMILES string of the molecule is Cn1nnc(CC(O)c2ccc3cc(Br)ccc3c2)n1. The highest BCUT2D eigenvalue weighted by Crippen LogP contribution is 2.24. The molecule has 1 atom stereocenters. The fraction of sp³-hybridized carbons (Fsp3) is 0.214. The van der Waals surface area contributed by atoms with Crippen LogP contribution in [0.25, 0.3) is 10.8 Å². The van der Waals surface area contributed by atoms with Crippen LogP contribution in [0.3, 0.4) is 0 Å². The molecule has 5 nitrogen and oxygen atoms in total. The number of nitrogens with zero attached hydrogens (tertiary/aromatic N) is 4. The number of aryl methyl sites for hydroxylation is 1. The molecule has 1 unspecified atom stereocenters. The van der Waals surface area contributed by atoms with Crippen molar-refractivity contribution in [3.05, 3.63) is 52.3 Å². The molecule has 1 N–H and O–H groups in total. The topological polar surface area (TPSA) is 63.8 Å². The molecule has 0 aliphatic carbocycles. The smallest absolute Gasteiger partial charge is 0.177 e. The fourth-order valence-electron chi connectivity index (χ4n) is 2.14. The molecule has 0 aliphatic rings. The lowest BCUT2D eigenvalue weighted by molar-refractivity contribution is 0.176. The van der Waals surface area contributed by atoms with Crippen molar-refractivity contribution in [3.63, 3.8) is 0 Å². The van der Waals surface area contributed by atoms with Gasteiger partial charge in [0.15, 0.2) is 5.82 Å². The van der Waals surface area contributed by atoms with Gasteiger partial charge in [-0.05, 0) is 39.7 Å². The third kappa shape index (κ3) is 2.71. The average Bonchev–Trinajstić information content (AvgIpc) is 2.83. The summed E-state index contributed by atoms with van der Waals surface area (Å²) < 4.78 is 1.04. The number of rotatable bonds is 3. The molecule has 3 rings (SSSR count). The molecule has 1 heterocycles. The van der Waals surface area contributed by atoms with Crippen molar-refractivity contribution < 1.29 is 5.11 Å². The summed E-state index contributed by atoms with van der Waals surface area (Å²) in [6.07, 6.45) is -0.275. The molecular formula is C14H13BrN4O. The summed E-state index contributed by atoms with van der Waals surface area (Å²) >= 11 is 3.45. The van der Waals surface area contributed by atoms with Crippen molar-refractivity contribution in [1.82, 2.24) is 20.2 Å². The van der Waals surface area contributed by atoms with Gasteiger partial charge in [0.1, 0.15) is 0 Å². The summed E-state index contributed by atoms with van der Waals surface area (Å²) in [7, 11) is 1.71. The Hall–Kier alpha value is -1.79. The Bertz CT molecular complexity index is 756. The summed E-state index contributed by atoms with van der Waals surface area (Å²) in [4.78, 5) is 1.39. The van der Waals surface area contributed by atoms with Gasteiger partial charge in [0.2, 0.25) is 0 Å². The van der Waals surface area contributed by atoms with E-state index in [4.69, 9.17) is 0 Å². The summed E-state index contributed by atoms with van der Waals surface area (Å²) in [6, 6.07) is 12.0. The summed E-state index contributed by atoms with van der Waals surface area (Å²) in [6.45, 7) is 0. The minimum Gasteiger partial charge on any atom is -0.388 e. The molecule has 0 radical (unpaired) electrons. The van der Waals surface area contributed by atoms with E-state index in [0.29, 0.717) is 12.2 Å². The molecule has 3 aromatic rings. The van der Waals surface area contributed by atoms with Crippen LogP contribution in [0.5, 0.6) is 0 Å². The largest absolute Gasteiger partial charge is 0.388 e. The monoisotopic (exact) mass is 332 g/mol. The van der Waals surface area contributed by atoms with Gasteiger partial charge in [-0.15, -0.1) is 10.2 Å². The summed E-state index contributed by atoms with van der Waals surface area (Å²) in [5.74, 6) is 0.538. The van der Waals surface area contributed by atoms with Gasteiger partial charge in [-0.2, -0.15) is 4.80 Å². The molecule has 0 amide bonds. The Labute approximate surface area is 124 Å². The van der Waals surface area contributed by atoms with Crippen LogP contribution in [0.1, 0.15) is 17.5 Å². The van der Waals surface area contributed by atoms with Crippen molar-refractivity contribution in [2.45, 2.75) is 12.5 Å². The van der Waals surface area contributed by atoms with Gasteiger partial charge in [-0.1, -0.05) is 34.1 Å². The molecular weight excluding hydrogens is 320 g/mol. The van der Waals surface area contributed by atoms with E-state index in [-0.39, 0.29) is 0 Å². The van der Waals surface area contributed by atoms with Crippen molar-refractivity contribution in [1.29, 1.82) is 0 Å². The second-order valence-corrected chi connectivity index (χ2v) is 5.58. The van der Waals surface area contributed by atoms with Crippen molar-refractivity contribution in [2.24, 2.45) is 7.05 Å². The van der Waals surface area contributed by atoms with Gasteiger partial charge >= 0.3 is 0 Å².